The SMILES string of the molecule is COCC(CCC1C2CCCC1(C)C2(C)C)(COC)C1CCCCC1. The van der Waals surface area contributed by atoms with Gasteiger partial charge < -0.3 is 9.47 Å². The Labute approximate surface area is 156 Å². The largest absolute Gasteiger partial charge is 0.384 e. The van der Waals surface area contributed by atoms with Crippen LogP contribution < -0.4 is 0 Å². The molecule has 0 radical (unpaired) electrons. The molecule has 3 aliphatic rings. The van der Waals surface area contributed by atoms with Crippen molar-refractivity contribution in [2.24, 2.45) is 34.0 Å². The molecular formula is C23H42O2. The van der Waals surface area contributed by atoms with Crippen molar-refractivity contribution in [2.45, 2.75) is 85.0 Å². The van der Waals surface area contributed by atoms with E-state index in [0.717, 1.165) is 31.0 Å². The summed E-state index contributed by atoms with van der Waals surface area (Å²) in [5.74, 6) is 2.66. The van der Waals surface area contributed by atoms with Gasteiger partial charge in [0.15, 0.2) is 0 Å². The van der Waals surface area contributed by atoms with Gasteiger partial charge >= 0.3 is 0 Å². The first-order valence-electron chi connectivity index (χ1n) is 10.9. The fraction of sp³-hybridized carbons (Fsp3) is 1.00. The molecule has 2 bridgehead atoms. The fourth-order valence-electron chi connectivity index (χ4n) is 7.39. The lowest BCUT2D eigenvalue weighted by Gasteiger charge is -2.70. The maximum absolute atomic E-state index is 5.78. The first-order valence-corrected chi connectivity index (χ1v) is 10.9. The first kappa shape index (κ1) is 19.7. The Morgan fingerprint density at radius 3 is 2.04 bits per heavy atom. The summed E-state index contributed by atoms with van der Waals surface area (Å²) in [4.78, 5) is 0. The van der Waals surface area contributed by atoms with E-state index in [-0.39, 0.29) is 5.41 Å². The minimum atomic E-state index is 0.244. The molecule has 0 N–H and O–H groups in total. The molecule has 25 heavy (non-hydrogen) atoms. The Bertz CT molecular complexity index is 431. The van der Waals surface area contributed by atoms with Crippen molar-refractivity contribution < 1.29 is 9.47 Å². The van der Waals surface area contributed by atoms with Crippen molar-refractivity contribution in [3.8, 4) is 0 Å². The van der Waals surface area contributed by atoms with E-state index in [1.54, 1.807) is 0 Å². The summed E-state index contributed by atoms with van der Waals surface area (Å²) < 4.78 is 11.6. The molecule has 3 rings (SSSR count). The highest BCUT2D eigenvalue weighted by molar-refractivity contribution is 5.13. The van der Waals surface area contributed by atoms with Gasteiger partial charge in [0.25, 0.3) is 0 Å². The molecule has 0 heterocycles. The van der Waals surface area contributed by atoms with E-state index in [2.05, 4.69) is 20.8 Å². The zero-order valence-corrected chi connectivity index (χ0v) is 17.5. The maximum atomic E-state index is 5.78. The third-order valence-electron chi connectivity index (χ3n) is 9.20. The van der Waals surface area contributed by atoms with Gasteiger partial charge in [-0.3, -0.25) is 0 Å². The highest BCUT2D eigenvalue weighted by Crippen LogP contribution is 2.72. The van der Waals surface area contributed by atoms with Crippen molar-refractivity contribution in [3.63, 3.8) is 0 Å². The quantitative estimate of drug-likeness (QED) is 0.527. The predicted molar refractivity (Wildman–Crippen MR) is 105 cm³/mol. The number of fused-ring (bicyclic) bond motifs is 2. The van der Waals surface area contributed by atoms with Gasteiger partial charge in [0.2, 0.25) is 0 Å². The van der Waals surface area contributed by atoms with E-state index in [1.807, 2.05) is 14.2 Å². The van der Waals surface area contributed by atoms with Gasteiger partial charge in [-0.15, -0.1) is 0 Å². The maximum Gasteiger partial charge on any atom is 0.0543 e. The second-order valence-electron chi connectivity index (χ2n) is 10.3. The summed E-state index contributed by atoms with van der Waals surface area (Å²) in [5, 5.41) is 0. The van der Waals surface area contributed by atoms with E-state index in [1.165, 1.54) is 64.2 Å². The lowest BCUT2D eigenvalue weighted by Crippen LogP contribution is -2.64. The average molecular weight is 351 g/mol. The highest BCUT2D eigenvalue weighted by atomic mass is 16.5. The monoisotopic (exact) mass is 350 g/mol. The number of methoxy groups -OCH3 is 2. The number of ether oxygens (including phenoxy) is 2. The van der Waals surface area contributed by atoms with E-state index in [4.69, 9.17) is 9.47 Å². The van der Waals surface area contributed by atoms with Crippen LogP contribution in [0.2, 0.25) is 0 Å². The molecule has 3 fully saturated rings. The molecule has 0 aliphatic heterocycles. The minimum absolute atomic E-state index is 0.244. The van der Waals surface area contributed by atoms with Gasteiger partial charge in [0.1, 0.15) is 0 Å². The Morgan fingerprint density at radius 2 is 1.52 bits per heavy atom. The summed E-state index contributed by atoms with van der Waals surface area (Å²) in [6.45, 7) is 9.41. The summed E-state index contributed by atoms with van der Waals surface area (Å²) >= 11 is 0. The van der Waals surface area contributed by atoms with Crippen LogP contribution in [-0.4, -0.2) is 27.4 Å². The van der Waals surface area contributed by atoms with E-state index < -0.39 is 0 Å². The van der Waals surface area contributed by atoms with Crippen LogP contribution in [0.3, 0.4) is 0 Å². The molecule has 3 saturated carbocycles. The standard InChI is InChI=1S/C23H42O2/c1-21(2)19-12-9-14-22(21,3)20(19)13-15-23(16-24-4,17-25-5)18-10-7-6-8-11-18/h18-20H,6-17H2,1-5H3. The van der Waals surface area contributed by atoms with Crippen LogP contribution in [0.15, 0.2) is 0 Å². The molecule has 0 spiro atoms. The van der Waals surface area contributed by atoms with Crippen molar-refractivity contribution in [2.75, 3.05) is 27.4 Å². The van der Waals surface area contributed by atoms with Gasteiger partial charge in [0, 0.05) is 19.6 Å². The molecule has 146 valence electrons. The number of hydrogen-bond donors (Lipinski definition) is 0. The minimum Gasteiger partial charge on any atom is -0.384 e. The topological polar surface area (TPSA) is 18.5 Å². The zero-order chi connectivity index (χ0) is 18.1. The number of hydrogen-bond acceptors (Lipinski definition) is 2. The van der Waals surface area contributed by atoms with Gasteiger partial charge in [-0.05, 0) is 67.1 Å². The summed E-state index contributed by atoms with van der Waals surface area (Å²) in [6.07, 6.45) is 14.0. The summed E-state index contributed by atoms with van der Waals surface area (Å²) in [7, 11) is 3.77. The van der Waals surface area contributed by atoms with Crippen molar-refractivity contribution >= 4 is 0 Å². The van der Waals surface area contributed by atoms with Crippen molar-refractivity contribution in [1.29, 1.82) is 0 Å². The second-order valence-corrected chi connectivity index (χ2v) is 10.3. The summed E-state index contributed by atoms with van der Waals surface area (Å²) in [5.41, 5.74) is 1.36. The van der Waals surface area contributed by atoms with E-state index in [9.17, 15) is 0 Å². The fourth-order valence-corrected chi connectivity index (χ4v) is 7.39. The Hall–Kier alpha value is -0.0800. The molecule has 3 unspecified atom stereocenters. The van der Waals surface area contributed by atoms with E-state index in [0.29, 0.717) is 10.8 Å². The van der Waals surface area contributed by atoms with Crippen LogP contribution in [0.4, 0.5) is 0 Å². The molecule has 0 aromatic heterocycles. The molecule has 2 heteroatoms. The van der Waals surface area contributed by atoms with E-state index >= 15 is 0 Å². The van der Waals surface area contributed by atoms with Crippen LogP contribution in [0.1, 0.15) is 85.0 Å². The second kappa shape index (κ2) is 7.50. The van der Waals surface area contributed by atoms with Gasteiger partial charge in [-0.1, -0.05) is 46.5 Å². The van der Waals surface area contributed by atoms with Crippen LogP contribution in [0.5, 0.6) is 0 Å². The highest BCUT2D eigenvalue weighted by Gasteiger charge is 2.65. The molecule has 3 aliphatic carbocycles. The average Bonchev–Trinajstić information content (AvgIpc) is 2.61. The molecule has 0 amide bonds. The van der Waals surface area contributed by atoms with Crippen LogP contribution in [-0.2, 0) is 9.47 Å². The van der Waals surface area contributed by atoms with Crippen LogP contribution >= 0.6 is 0 Å². The van der Waals surface area contributed by atoms with Crippen LogP contribution in [0, 0.1) is 34.0 Å². The lowest BCUT2D eigenvalue weighted by atomic mass is 9.34. The smallest absolute Gasteiger partial charge is 0.0543 e. The van der Waals surface area contributed by atoms with Gasteiger partial charge in [0.05, 0.1) is 13.2 Å². The first-order chi connectivity index (χ1) is 11.9. The molecular weight excluding hydrogens is 308 g/mol. The Kier molecular flexibility index (Phi) is 5.91. The Morgan fingerprint density at radius 1 is 0.880 bits per heavy atom. The third kappa shape index (κ3) is 3.20. The normalized spacial score (nSPS) is 35.4. The molecule has 0 aromatic rings. The zero-order valence-electron chi connectivity index (χ0n) is 17.5. The predicted octanol–water partition coefficient (Wildman–Crippen LogP) is 6.09. The van der Waals surface area contributed by atoms with Gasteiger partial charge in [-0.25, -0.2) is 0 Å². The van der Waals surface area contributed by atoms with Crippen molar-refractivity contribution in [3.05, 3.63) is 0 Å². The Balaban J connectivity index is 1.72. The van der Waals surface area contributed by atoms with Gasteiger partial charge in [-0.2, -0.15) is 0 Å². The summed E-state index contributed by atoms with van der Waals surface area (Å²) in [6, 6.07) is 0. The molecule has 2 nitrogen and oxygen atoms in total. The van der Waals surface area contributed by atoms with Crippen molar-refractivity contribution in [1.82, 2.24) is 0 Å². The van der Waals surface area contributed by atoms with Crippen LogP contribution in [0.25, 0.3) is 0 Å². The lowest BCUT2D eigenvalue weighted by molar-refractivity contribution is -0.220. The molecule has 0 aromatic carbocycles. The number of rotatable bonds is 8. The molecule has 3 atom stereocenters. The molecule has 0 saturated heterocycles. The third-order valence-corrected chi connectivity index (χ3v) is 9.20.